The maximum Gasteiger partial charge on any atom is 0.257 e. The summed E-state index contributed by atoms with van der Waals surface area (Å²) in [5.41, 5.74) is 8.89. The fourth-order valence-corrected chi connectivity index (χ4v) is 3.72. The molecular formula is C21H26N8O2. The number of hydrogen-bond acceptors (Lipinski definition) is 7. The average Bonchev–Trinajstić information content (AvgIpc) is 3.25. The quantitative estimate of drug-likeness (QED) is 0.529. The highest BCUT2D eigenvalue weighted by atomic mass is 16.2. The van der Waals surface area contributed by atoms with Crippen molar-refractivity contribution in [2.45, 2.75) is 26.7 Å². The number of amides is 2. The Balaban J connectivity index is 1.21. The number of hydrazine groups is 1. The van der Waals surface area contributed by atoms with Crippen LogP contribution in [0.4, 0.5) is 11.5 Å². The third-order valence-corrected chi connectivity index (χ3v) is 5.48. The molecular weight excluding hydrogens is 396 g/mol. The normalized spacial score (nSPS) is 14.5. The SMILES string of the molecule is Cc1ccc(NCC(=O)NNC(=O)C2CCN(c3ccc4nncn4n3)CC2)c(C)c1. The Labute approximate surface area is 180 Å². The van der Waals surface area contributed by atoms with Gasteiger partial charge in [0.05, 0.1) is 6.54 Å². The first-order valence-corrected chi connectivity index (χ1v) is 10.3. The first-order valence-electron chi connectivity index (χ1n) is 10.3. The van der Waals surface area contributed by atoms with Gasteiger partial charge in [0.15, 0.2) is 5.65 Å². The van der Waals surface area contributed by atoms with Crippen LogP contribution in [0.25, 0.3) is 5.65 Å². The molecule has 0 aliphatic carbocycles. The summed E-state index contributed by atoms with van der Waals surface area (Å²) in [7, 11) is 0. The molecule has 0 atom stereocenters. The monoisotopic (exact) mass is 422 g/mol. The molecule has 0 unspecified atom stereocenters. The Morgan fingerprint density at radius 2 is 1.90 bits per heavy atom. The molecule has 0 saturated carbocycles. The van der Waals surface area contributed by atoms with Gasteiger partial charge in [-0.1, -0.05) is 17.7 Å². The van der Waals surface area contributed by atoms with Crippen LogP contribution in [0.3, 0.4) is 0 Å². The largest absolute Gasteiger partial charge is 0.376 e. The smallest absolute Gasteiger partial charge is 0.257 e. The van der Waals surface area contributed by atoms with Crippen molar-refractivity contribution in [2.75, 3.05) is 29.9 Å². The first kappa shape index (κ1) is 20.6. The van der Waals surface area contributed by atoms with Gasteiger partial charge in [-0.05, 0) is 50.5 Å². The Morgan fingerprint density at radius 3 is 2.68 bits per heavy atom. The molecule has 0 spiro atoms. The number of aromatic nitrogens is 4. The number of carbonyl (C=O) groups is 2. The zero-order chi connectivity index (χ0) is 21.8. The van der Waals surface area contributed by atoms with Crippen molar-refractivity contribution in [1.29, 1.82) is 0 Å². The number of nitrogens with one attached hydrogen (secondary N) is 3. The molecule has 1 aromatic carbocycles. The van der Waals surface area contributed by atoms with E-state index in [1.165, 1.54) is 5.56 Å². The van der Waals surface area contributed by atoms with Crippen molar-refractivity contribution < 1.29 is 9.59 Å². The minimum absolute atomic E-state index is 0.0832. The number of anilines is 2. The van der Waals surface area contributed by atoms with Crippen molar-refractivity contribution in [3.63, 3.8) is 0 Å². The highest BCUT2D eigenvalue weighted by Gasteiger charge is 2.26. The highest BCUT2D eigenvalue weighted by molar-refractivity contribution is 5.85. The van der Waals surface area contributed by atoms with Gasteiger partial charge in [-0.2, -0.15) is 4.52 Å². The third-order valence-electron chi connectivity index (χ3n) is 5.48. The minimum atomic E-state index is -0.294. The molecule has 4 rings (SSSR count). The molecule has 3 N–H and O–H groups in total. The van der Waals surface area contributed by atoms with E-state index in [-0.39, 0.29) is 24.3 Å². The van der Waals surface area contributed by atoms with Gasteiger partial charge in [-0.15, -0.1) is 15.3 Å². The number of hydrogen-bond donors (Lipinski definition) is 3. The van der Waals surface area contributed by atoms with Crippen LogP contribution in [0.1, 0.15) is 24.0 Å². The molecule has 2 amide bonds. The fraction of sp³-hybridized carbons (Fsp3) is 0.381. The number of rotatable bonds is 5. The standard InChI is InChI=1S/C21H26N8O2/c1-14-3-4-17(15(2)11-14)22-12-20(30)25-26-21(31)16-7-9-28(10-8-16)19-6-5-18-24-23-13-29(18)27-19/h3-6,11,13,16,22H,7-10,12H2,1-2H3,(H,25,30)(H,26,31). The molecule has 3 aromatic rings. The Morgan fingerprint density at radius 1 is 1.10 bits per heavy atom. The van der Waals surface area contributed by atoms with Crippen molar-refractivity contribution in [2.24, 2.45) is 5.92 Å². The second-order valence-electron chi connectivity index (χ2n) is 7.80. The molecule has 2 aromatic heterocycles. The molecule has 1 fully saturated rings. The van der Waals surface area contributed by atoms with Gasteiger partial charge >= 0.3 is 0 Å². The molecule has 1 aliphatic rings. The Bertz CT molecular complexity index is 1090. The molecule has 10 heteroatoms. The van der Waals surface area contributed by atoms with E-state index in [0.29, 0.717) is 31.6 Å². The van der Waals surface area contributed by atoms with Gasteiger partial charge in [0, 0.05) is 24.7 Å². The number of fused-ring (bicyclic) bond motifs is 1. The van der Waals surface area contributed by atoms with Crippen LogP contribution in [0.5, 0.6) is 0 Å². The third kappa shape index (κ3) is 4.90. The summed E-state index contributed by atoms with van der Waals surface area (Å²) in [6, 6.07) is 9.76. The molecule has 0 radical (unpaired) electrons. The van der Waals surface area contributed by atoms with E-state index in [0.717, 1.165) is 17.1 Å². The summed E-state index contributed by atoms with van der Waals surface area (Å²) in [4.78, 5) is 26.7. The Hall–Kier alpha value is -3.69. The molecule has 3 heterocycles. The van der Waals surface area contributed by atoms with Gasteiger partial charge in [0.1, 0.15) is 12.1 Å². The summed E-state index contributed by atoms with van der Waals surface area (Å²) in [5.74, 6) is 0.221. The summed E-state index contributed by atoms with van der Waals surface area (Å²) >= 11 is 0. The van der Waals surface area contributed by atoms with Gasteiger partial charge in [-0.3, -0.25) is 20.4 Å². The van der Waals surface area contributed by atoms with Crippen LogP contribution >= 0.6 is 0 Å². The first-order chi connectivity index (χ1) is 15.0. The van der Waals surface area contributed by atoms with Crippen LogP contribution in [-0.2, 0) is 9.59 Å². The lowest BCUT2D eigenvalue weighted by molar-refractivity contribution is -0.131. The molecule has 1 saturated heterocycles. The van der Waals surface area contributed by atoms with Crippen LogP contribution in [0.2, 0.25) is 0 Å². The lowest BCUT2D eigenvalue weighted by atomic mass is 9.96. The molecule has 31 heavy (non-hydrogen) atoms. The number of piperidine rings is 1. The predicted octanol–water partition coefficient (Wildman–Crippen LogP) is 1.22. The van der Waals surface area contributed by atoms with Crippen LogP contribution in [0, 0.1) is 19.8 Å². The minimum Gasteiger partial charge on any atom is -0.376 e. The van der Waals surface area contributed by atoms with Crippen molar-refractivity contribution in [3.8, 4) is 0 Å². The number of carbonyl (C=O) groups excluding carboxylic acids is 2. The van der Waals surface area contributed by atoms with Gasteiger partial charge in [0.25, 0.3) is 5.91 Å². The van der Waals surface area contributed by atoms with E-state index in [1.54, 1.807) is 10.8 Å². The van der Waals surface area contributed by atoms with Crippen molar-refractivity contribution in [1.82, 2.24) is 30.7 Å². The summed E-state index contributed by atoms with van der Waals surface area (Å²) < 4.78 is 1.63. The van der Waals surface area contributed by atoms with Crippen molar-refractivity contribution >= 4 is 29.0 Å². The number of nitrogens with zero attached hydrogens (tertiary/aromatic N) is 5. The maximum absolute atomic E-state index is 12.5. The van der Waals surface area contributed by atoms with E-state index < -0.39 is 0 Å². The van der Waals surface area contributed by atoms with Crippen LogP contribution in [0.15, 0.2) is 36.7 Å². The fourth-order valence-electron chi connectivity index (χ4n) is 3.72. The second kappa shape index (κ2) is 8.99. The summed E-state index contributed by atoms with van der Waals surface area (Å²) in [5, 5.41) is 15.4. The van der Waals surface area contributed by atoms with Gasteiger partial charge < -0.3 is 10.2 Å². The highest BCUT2D eigenvalue weighted by Crippen LogP contribution is 2.22. The van der Waals surface area contributed by atoms with E-state index in [1.807, 2.05) is 44.2 Å². The van der Waals surface area contributed by atoms with E-state index in [2.05, 4.69) is 36.4 Å². The van der Waals surface area contributed by atoms with Crippen molar-refractivity contribution in [3.05, 3.63) is 47.8 Å². The van der Waals surface area contributed by atoms with E-state index in [4.69, 9.17) is 0 Å². The molecule has 162 valence electrons. The van der Waals surface area contributed by atoms with Crippen LogP contribution < -0.4 is 21.1 Å². The average molecular weight is 422 g/mol. The van der Waals surface area contributed by atoms with Crippen LogP contribution in [-0.4, -0.2) is 51.3 Å². The zero-order valence-electron chi connectivity index (χ0n) is 17.6. The number of benzene rings is 1. The van der Waals surface area contributed by atoms with E-state index in [9.17, 15) is 9.59 Å². The molecule has 1 aliphatic heterocycles. The summed E-state index contributed by atoms with van der Waals surface area (Å²) in [6.07, 6.45) is 2.94. The maximum atomic E-state index is 12.5. The zero-order valence-corrected chi connectivity index (χ0v) is 17.6. The lowest BCUT2D eigenvalue weighted by Crippen LogP contribution is -2.48. The second-order valence-corrected chi connectivity index (χ2v) is 7.80. The Kier molecular flexibility index (Phi) is 5.96. The van der Waals surface area contributed by atoms with Gasteiger partial charge in [0.2, 0.25) is 5.91 Å². The number of aryl methyl sites for hydroxylation is 2. The van der Waals surface area contributed by atoms with E-state index >= 15 is 0 Å². The molecule has 0 bridgehead atoms. The molecule has 10 nitrogen and oxygen atoms in total. The summed E-state index contributed by atoms with van der Waals surface area (Å²) in [6.45, 7) is 5.51. The van der Waals surface area contributed by atoms with Gasteiger partial charge in [-0.25, -0.2) is 0 Å². The topological polar surface area (TPSA) is 117 Å². The predicted molar refractivity (Wildman–Crippen MR) is 116 cm³/mol. The lowest BCUT2D eigenvalue weighted by Gasteiger charge is -2.31.